The number of hydrogen-bond acceptors (Lipinski definition) is 3. The van der Waals surface area contributed by atoms with Crippen LogP contribution in [-0.4, -0.2) is 4.57 Å². The van der Waals surface area contributed by atoms with Gasteiger partial charge < -0.3 is 18.3 Å². The molecule has 0 aliphatic heterocycles. The van der Waals surface area contributed by atoms with E-state index in [1.54, 1.807) is 0 Å². The summed E-state index contributed by atoms with van der Waals surface area (Å²) in [5, 5.41) is 6.95. The summed E-state index contributed by atoms with van der Waals surface area (Å²) < 4.78 is 15.3. The molecule has 0 spiro atoms. The first-order valence-electron chi connectivity index (χ1n) is 19.7. The lowest BCUT2D eigenvalue weighted by molar-refractivity contribution is 0.669. The van der Waals surface area contributed by atoms with E-state index in [0.29, 0.717) is 0 Å². The average Bonchev–Trinajstić information content (AvgIpc) is 3.97. The van der Waals surface area contributed by atoms with Crippen molar-refractivity contribution < 1.29 is 8.83 Å². The second-order valence-electron chi connectivity index (χ2n) is 14.9. The fourth-order valence-electron chi connectivity index (χ4n) is 8.93. The van der Waals surface area contributed by atoms with Gasteiger partial charge >= 0.3 is 0 Å². The molecule has 12 rings (SSSR count). The van der Waals surface area contributed by atoms with Crippen LogP contribution >= 0.6 is 0 Å². The maximum Gasteiger partial charge on any atom is 0.143 e. The maximum absolute atomic E-state index is 6.44. The van der Waals surface area contributed by atoms with E-state index < -0.39 is 0 Å². The quantitative estimate of drug-likeness (QED) is 0.170. The molecular weight excluding hydrogens is 709 g/mol. The molecule has 58 heavy (non-hydrogen) atoms. The number of furan rings is 2. The van der Waals surface area contributed by atoms with Crippen LogP contribution in [0.4, 0.5) is 17.1 Å². The Hall–Kier alpha value is -7.82. The van der Waals surface area contributed by atoms with Gasteiger partial charge in [-0.25, -0.2) is 0 Å². The molecular formula is C54H34N2O2. The molecule has 0 radical (unpaired) electrons. The molecule has 3 aromatic heterocycles. The van der Waals surface area contributed by atoms with Crippen molar-refractivity contribution in [2.45, 2.75) is 0 Å². The molecule has 0 N–H and O–H groups in total. The molecule has 0 amide bonds. The first kappa shape index (κ1) is 32.4. The van der Waals surface area contributed by atoms with Crippen molar-refractivity contribution >= 4 is 82.7 Å². The van der Waals surface area contributed by atoms with Gasteiger partial charge in [0.1, 0.15) is 22.3 Å². The van der Waals surface area contributed by atoms with Gasteiger partial charge in [-0.3, -0.25) is 0 Å². The van der Waals surface area contributed by atoms with Gasteiger partial charge in [0.05, 0.1) is 11.0 Å². The Labute approximate surface area is 334 Å². The Balaban J connectivity index is 1.02. The van der Waals surface area contributed by atoms with Gasteiger partial charge in [0, 0.05) is 66.2 Å². The summed E-state index contributed by atoms with van der Waals surface area (Å²) in [7, 11) is 0. The van der Waals surface area contributed by atoms with Crippen LogP contribution in [0, 0.1) is 0 Å². The first-order chi connectivity index (χ1) is 28.8. The van der Waals surface area contributed by atoms with Crippen LogP contribution < -0.4 is 4.90 Å². The zero-order chi connectivity index (χ0) is 38.2. The molecule has 0 unspecified atom stereocenters. The van der Waals surface area contributed by atoms with E-state index in [0.717, 1.165) is 94.4 Å². The third kappa shape index (κ3) is 5.02. The second kappa shape index (κ2) is 12.9. The number of nitrogens with zero attached hydrogens (tertiary/aromatic N) is 2. The van der Waals surface area contributed by atoms with E-state index in [1.807, 2.05) is 24.3 Å². The SMILES string of the molecule is c1ccc(-n2c3ccccc3c3ccc(N(c4ccc(-c5cccc6c5oc5ccccc56)cc4)c4ccc(-c5cccc6c5oc5ccccc56)cc4)cc32)cc1. The largest absolute Gasteiger partial charge is 0.455 e. The lowest BCUT2D eigenvalue weighted by Gasteiger charge is -2.26. The Morgan fingerprint density at radius 3 is 1.38 bits per heavy atom. The molecule has 12 aromatic rings. The third-order valence-corrected chi connectivity index (χ3v) is 11.6. The summed E-state index contributed by atoms with van der Waals surface area (Å²) in [5.41, 5.74) is 14.6. The first-order valence-corrected chi connectivity index (χ1v) is 19.7. The van der Waals surface area contributed by atoms with Crippen molar-refractivity contribution in [2.75, 3.05) is 4.90 Å². The number of benzene rings is 9. The Morgan fingerprint density at radius 2 is 0.793 bits per heavy atom. The highest BCUT2D eigenvalue weighted by atomic mass is 16.3. The molecule has 4 nitrogen and oxygen atoms in total. The molecule has 0 aliphatic carbocycles. The van der Waals surface area contributed by atoms with Crippen LogP contribution in [0.3, 0.4) is 0 Å². The Bertz CT molecular complexity index is 3340. The van der Waals surface area contributed by atoms with Gasteiger partial charge in [-0.2, -0.15) is 0 Å². The van der Waals surface area contributed by atoms with Gasteiger partial charge in [-0.1, -0.05) is 140 Å². The minimum Gasteiger partial charge on any atom is -0.455 e. The van der Waals surface area contributed by atoms with E-state index >= 15 is 0 Å². The molecule has 0 aliphatic rings. The molecule has 272 valence electrons. The minimum atomic E-state index is 0.899. The van der Waals surface area contributed by atoms with Crippen LogP contribution in [0.2, 0.25) is 0 Å². The number of anilines is 3. The lowest BCUT2D eigenvalue weighted by Crippen LogP contribution is -2.10. The molecule has 0 fully saturated rings. The van der Waals surface area contributed by atoms with Crippen molar-refractivity contribution in [3.63, 3.8) is 0 Å². The van der Waals surface area contributed by atoms with Crippen molar-refractivity contribution in [3.8, 4) is 27.9 Å². The molecule has 0 saturated heterocycles. The van der Waals surface area contributed by atoms with E-state index in [2.05, 4.69) is 191 Å². The van der Waals surface area contributed by atoms with Crippen molar-refractivity contribution in [1.29, 1.82) is 0 Å². The molecule has 0 atom stereocenters. The Morgan fingerprint density at radius 1 is 0.328 bits per heavy atom. The monoisotopic (exact) mass is 742 g/mol. The second-order valence-corrected chi connectivity index (χ2v) is 14.9. The predicted octanol–water partition coefficient (Wildman–Crippen LogP) is 15.4. The van der Waals surface area contributed by atoms with Gasteiger partial charge in [0.2, 0.25) is 0 Å². The van der Waals surface area contributed by atoms with Crippen LogP contribution in [0.15, 0.2) is 215 Å². The molecule has 0 saturated carbocycles. The van der Waals surface area contributed by atoms with Crippen LogP contribution in [0.1, 0.15) is 0 Å². The summed E-state index contributed by atoms with van der Waals surface area (Å²) in [6.07, 6.45) is 0. The van der Waals surface area contributed by atoms with Crippen LogP contribution in [0.5, 0.6) is 0 Å². The number of rotatable bonds is 6. The highest BCUT2D eigenvalue weighted by Crippen LogP contribution is 2.43. The number of aromatic nitrogens is 1. The van der Waals surface area contributed by atoms with Crippen LogP contribution in [0.25, 0.3) is 93.6 Å². The molecule has 0 bridgehead atoms. The number of para-hydroxylation sites is 6. The standard InChI is InChI=1S/C54H34N2O2/c1-2-12-37(13-3-1)56-49-21-7-4-14-43(49)44-33-32-40(34-50(44)56)55(38-28-24-35(25-29-38)41-17-10-19-47-45-15-5-8-22-51(45)57-53(41)47)39-30-26-36(27-31-39)42-18-11-20-48-46-16-6-9-23-52(46)58-54(42)48/h1-34H. The number of fused-ring (bicyclic) bond motifs is 9. The van der Waals surface area contributed by atoms with E-state index in [1.165, 1.54) is 16.3 Å². The summed E-state index contributed by atoms with van der Waals surface area (Å²) in [4.78, 5) is 2.35. The van der Waals surface area contributed by atoms with Gasteiger partial charge in [0.25, 0.3) is 0 Å². The summed E-state index contributed by atoms with van der Waals surface area (Å²) >= 11 is 0. The van der Waals surface area contributed by atoms with E-state index in [-0.39, 0.29) is 0 Å². The highest BCUT2D eigenvalue weighted by Gasteiger charge is 2.19. The van der Waals surface area contributed by atoms with Gasteiger partial charge in [-0.15, -0.1) is 0 Å². The zero-order valence-electron chi connectivity index (χ0n) is 31.3. The predicted molar refractivity (Wildman–Crippen MR) is 241 cm³/mol. The molecule has 4 heteroatoms. The van der Waals surface area contributed by atoms with Crippen molar-refractivity contribution in [3.05, 3.63) is 206 Å². The van der Waals surface area contributed by atoms with E-state index in [4.69, 9.17) is 8.83 Å². The van der Waals surface area contributed by atoms with Gasteiger partial charge in [-0.05, 0) is 77.9 Å². The summed E-state index contributed by atoms with van der Waals surface area (Å²) in [6, 6.07) is 73.2. The zero-order valence-corrected chi connectivity index (χ0v) is 31.3. The Kier molecular flexibility index (Phi) is 7.20. The minimum absolute atomic E-state index is 0.899. The fraction of sp³-hybridized carbons (Fsp3) is 0. The van der Waals surface area contributed by atoms with Crippen LogP contribution in [-0.2, 0) is 0 Å². The normalized spacial score (nSPS) is 11.8. The summed E-state index contributed by atoms with van der Waals surface area (Å²) in [5.74, 6) is 0. The average molecular weight is 743 g/mol. The topological polar surface area (TPSA) is 34.5 Å². The fourth-order valence-corrected chi connectivity index (χ4v) is 8.93. The molecule has 3 heterocycles. The summed E-state index contributed by atoms with van der Waals surface area (Å²) in [6.45, 7) is 0. The van der Waals surface area contributed by atoms with Gasteiger partial charge in [0.15, 0.2) is 0 Å². The maximum atomic E-state index is 6.44. The number of hydrogen-bond donors (Lipinski definition) is 0. The van der Waals surface area contributed by atoms with Crippen molar-refractivity contribution in [2.24, 2.45) is 0 Å². The van der Waals surface area contributed by atoms with E-state index in [9.17, 15) is 0 Å². The van der Waals surface area contributed by atoms with Crippen molar-refractivity contribution in [1.82, 2.24) is 4.57 Å². The highest BCUT2D eigenvalue weighted by molar-refractivity contribution is 6.12. The smallest absolute Gasteiger partial charge is 0.143 e. The third-order valence-electron chi connectivity index (χ3n) is 11.6. The lowest BCUT2D eigenvalue weighted by atomic mass is 10.0. The molecule has 9 aromatic carbocycles.